The maximum Gasteiger partial charge on any atom is 0.319 e. The third-order valence-electron chi connectivity index (χ3n) is 6.55. The maximum absolute atomic E-state index is 12.6. The van der Waals surface area contributed by atoms with Crippen molar-refractivity contribution < 1.29 is 14.3 Å². The van der Waals surface area contributed by atoms with Gasteiger partial charge in [0.05, 0.1) is 13.7 Å². The van der Waals surface area contributed by atoms with Crippen LogP contribution in [0.3, 0.4) is 0 Å². The van der Waals surface area contributed by atoms with Gasteiger partial charge in [-0.25, -0.2) is 0 Å². The quantitative estimate of drug-likeness (QED) is 0.679. The number of piperazine rings is 1. The van der Waals surface area contributed by atoms with Crippen molar-refractivity contribution in [2.45, 2.75) is 44.6 Å². The smallest absolute Gasteiger partial charge is 0.319 e. The van der Waals surface area contributed by atoms with Crippen LogP contribution in [0.15, 0.2) is 0 Å². The van der Waals surface area contributed by atoms with Gasteiger partial charge in [-0.1, -0.05) is 0 Å². The number of likely N-dealkylation sites (tertiary alicyclic amines) is 1. The molecule has 1 amide bonds. The van der Waals surface area contributed by atoms with Gasteiger partial charge in [-0.3, -0.25) is 19.4 Å². The van der Waals surface area contributed by atoms with Crippen LogP contribution in [0, 0.1) is 5.92 Å². The van der Waals surface area contributed by atoms with E-state index >= 15 is 0 Å². The second kappa shape index (κ2) is 10.4. The predicted octanol–water partition coefficient (Wildman–Crippen LogP) is 0.548. The first kappa shape index (κ1) is 20.6. The number of carbonyl (C=O) groups excluding carboxylic acids is 2. The van der Waals surface area contributed by atoms with Gasteiger partial charge in [0.2, 0.25) is 5.91 Å². The lowest BCUT2D eigenvalue weighted by Gasteiger charge is -2.41. The average Bonchev–Trinajstić information content (AvgIpc) is 2.73. The van der Waals surface area contributed by atoms with Crippen molar-refractivity contribution in [2.24, 2.45) is 5.92 Å². The summed E-state index contributed by atoms with van der Waals surface area (Å²) in [4.78, 5) is 30.8. The van der Waals surface area contributed by atoms with Crippen molar-refractivity contribution >= 4 is 11.9 Å². The van der Waals surface area contributed by atoms with Gasteiger partial charge in [0.15, 0.2) is 0 Å². The summed E-state index contributed by atoms with van der Waals surface area (Å²) in [7, 11) is 1.44. The molecule has 3 rings (SSSR count). The van der Waals surface area contributed by atoms with Crippen LogP contribution in [0.4, 0.5) is 0 Å². The Labute approximate surface area is 163 Å². The number of piperidine rings is 2. The standard InChI is InChI=1S/C20H36N4O3/c1-27-20(26)16-22-10-6-17(7-11-22)2-3-19(25)24-14-12-23(13-15-24)18-4-8-21-9-5-18/h17-18,21H,2-16H2,1H3. The van der Waals surface area contributed by atoms with Crippen LogP contribution < -0.4 is 5.32 Å². The molecule has 3 aliphatic heterocycles. The number of amides is 1. The Hall–Kier alpha value is -1.18. The van der Waals surface area contributed by atoms with E-state index in [2.05, 4.69) is 20.0 Å². The number of hydrogen-bond acceptors (Lipinski definition) is 6. The molecule has 0 spiro atoms. The van der Waals surface area contributed by atoms with Crippen LogP contribution in [-0.2, 0) is 14.3 Å². The molecule has 3 fully saturated rings. The van der Waals surface area contributed by atoms with Gasteiger partial charge in [0.25, 0.3) is 0 Å². The zero-order valence-corrected chi connectivity index (χ0v) is 16.8. The Balaban J connectivity index is 1.30. The van der Waals surface area contributed by atoms with Crippen molar-refractivity contribution in [2.75, 3.05) is 66.0 Å². The normalized spacial score (nSPS) is 24.1. The van der Waals surface area contributed by atoms with Crippen molar-refractivity contribution in [1.29, 1.82) is 0 Å². The van der Waals surface area contributed by atoms with E-state index in [1.807, 2.05) is 0 Å². The van der Waals surface area contributed by atoms with E-state index in [-0.39, 0.29) is 5.97 Å². The highest BCUT2D eigenvalue weighted by atomic mass is 16.5. The van der Waals surface area contributed by atoms with Gasteiger partial charge in [-0.15, -0.1) is 0 Å². The van der Waals surface area contributed by atoms with Crippen molar-refractivity contribution in [3.63, 3.8) is 0 Å². The summed E-state index contributed by atoms with van der Waals surface area (Å²) in [5.74, 6) is 0.781. The molecule has 3 saturated heterocycles. The topological polar surface area (TPSA) is 65.1 Å². The van der Waals surface area contributed by atoms with E-state index in [0.717, 1.165) is 71.6 Å². The monoisotopic (exact) mass is 380 g/mol. The largest absolute Gasteiger partial charge is 0.468 e. The van der Waals surface area contributed by atoms with Gasteiger partial charge >= 0.3 is 5.97 Å². The lowest BCUT2D eigenvalue weighted by Crippen LogP contribution is -2.54. The Morgan fingerprint density at radius 3 is 2.26 bits per heavy atom. The van der Waals surface area contributed by atoms with Crippen LogP contribution in [0.25, 0.3) is 0 Å². The molecule has 7 heteroatoms. The fraction of sp³-hybridized carbons (Fsp3) is 0.900. The number of esters is 1. The van der Waals surface area contributed by atoms with E-state index in [0.29, 0.717) is 30.8 Å². The van der Waals surface area contributed by atoms with Gasteiger partial charge in [0.1, 0.15) is 0 Å². The number of rotatable bonds is 6. The molecule has 1 N–H and O–H groups in total. The molecule has 0 saturated carbocycles. The molecule has 0 bridgehead atoms. The molecule has 0 aromatic carbocycles. The minimum atomic E-state index is -0.160. The number of nitrogens with one attached hydrogen (secondary N) is 1. The van der Waals surface area contributed by atoms with Crippen molar-refractivity contribution in [3.05, 3.63) is 0 Å². The second-order valence-corrected chi connectivity index (χ2v) is 8.23. The lowest BCUT2D eigenvalue weighted by atomic mass is 9.92. The second-order valence-electron chi connectivity index (χ2n) is 8.23. The van der Waals surface area contributed by atoms with Crippen molar-refractivity contribution in [1.82, 2.24) is 20.0 Å². The molecule has 0 unspecified atom stereocenters. The Kier molecular flexibility index (Phi) is 7.91. The number of hydrogen-bond donors (Lipinski definition) is 1. The van der Waals surface area contributed by atoms with E-state index in [9.17, 15) is 9.59 Å². The zero-order chi connectivity index (χ0) is 19.1. The minimum absolute atomic E-state index is 0.160. The molecule has 27 heavy (non-hydrogen) atoms. The van der Waals surface area contributed by atoms with E-state index < -0.39 is 0 Å². The van der Waals surface area contributed by atoms with Gasteiger partial charge in [-0.05, 0) is 64.2 Å². The highest BCUT2D eigenvalue weighted by Gasteiger charge is 2.27. The van der Waals surface area contributed by atoms with Crippen LogP contribution in [0.1, 0.15) is 38.5 Å². The summed E-state index contributed by atoms with van der Waals surface area (Å²) in [5, 5.41) is 3.43. The summed E-state index contributed by atoms with van der Waals surface area (Å²) >= 11 is 0. The Bertz CT molecular complexity index is 480. The zero-order valence-electron chi connectivity index (χ0n) is 16.8. The molecule has 0 aromatic rings. The number of methoxy groups -OCH3 is 1. The number of carbonyl (C=O) groups is 2. The molecule has 0 atom stereocenters. The molecule has 3 aliphatic rings. The summed E-state index contributed by atoms with van der Waals surface area (Å²) in [6.45, 7) is 8.35. The van der Waals surface area contributed by atoms with E-state index in [1.165, 1.54) is 20.0 Å². The molecular weight excluding hydrogens is 344 g/mol. The first-order valence-electron chi connectivity index (χ1n) is 10.7. The Morgan fingerprint density at radius 1 is 0.963 bits per heavy atom. The summed E-state index contributed by atoms with van der Waals surface area (Å²) in [6.07, 6.45) is 6.29. The van der Waals surface area contributed by atoms with Crippen molar-refractivity contribution in [3.8, 4) is 0 Å². The van der Waals surface area contributed by atoms with Crippen LogP contribution in [0.2, 0.25) is 0 Å². The fourth-order valence-electron chi connectivity index (χ4n) is 4.67. The van der Waals surface area contributed by atoms with Crippen LogP contribution in [-0.4, -0.2) is 98.6 Å². The van der Waals surface area contributed by atoms with Gasteiger partial charge < -0.3 is 15.0 Å². The molecule has 7 nitrogen and oxygen atoms in total. The molecule has 154 valence electrons. The summed E-state index contributed by atoms with van der Waals surface area (Å²) < 4.78 is 4.73. The van der Waals surface area contributed by atoms with E-state index in [4.69, 9.17) is 4.74 Å². The fourth-order valence-corrected chi connectivity index (χ4v) is 4.67. The average molecular weight is 381 g/mol. The Morgan fingerprint density at radius 2 is 1.63 bits per heavy atom. The lowest BCUT2D eigenvalue weighted by molar-refractivity contribution is -0.142. The third-order valence-corrected chi connectivity index (χ3v) is 6.55. The van der Waals surface area contributed by atoms with Crippen LogP contribution in [0.5, 0.6) is 0 Å². The minimum Gasteiger partial charge on any atom is -0.468 e. The van der Waals surface area contributed by atoms with Crippen LogP contribution >= 0.6 is 0 Å². The van der Waals surface area contributed by atoms with E-state index in [1.54, 1.807) is 0 Å². The van der Waals surface area contributed by atoms with Gasteiger partial charge in [0, 0.05) is 38.6 Å². The summed E-state index contributed by atoms with van der Waals surface area (Å²) in [5.41, 5.74) is 0. The SMILES string of the molecule is COC(=O)CN1CCC(CCC(=O)N2CCN(C3CCNCC3)CC2)CC1. The first-order valence-corrected chi connectivity index (χ1v) is 10.7. The molecular formula is C20H36N4O3. The maximum atomic E-state index is 12.6. The van der Waals surface area contributed by atoms with Gasteiger partial charge in [-0.2, -0.15) is 0 Å². The first-order chi connectivity index (χ1) is 13.2. The highest BCUT2D eigenvalue weighted by molar-refractivity contribution is 5.76. The molecule has 0 aromatic heterocycles. The number of ether oxygens (including phenoxy) is 1. The molecule has 0 aliphatic carbocycles. The third kappa shape index (κ3) is 6.16. The highest BCUT2D eigenvalue weighted by Crippen LogP contribution is 2.23. The number of nitrogens with zero attached hydrogens (tertiary/aromatic N) is 3. The predicted molar refractivity (Wildman–Crippen MR) is 104 cm³/mol. The molecule has 3 heterocycles. The summed E-state index contributed by atoms with van der Waals surface area (Å²) in [6, 6.07) is 0.707. The molecule has 0 radical (unpaired) electrons.